The first-order chi connectivity index (χ1) is 3.39. The van der Waals surface area contributed by atoms with Crippen LogP contribution in [0.15, 0.2) is 0 Å². The van der Waals surface area contributed by atoms with Crippen LogP contribution in [-0.2, 0) is 13.7 Å². The molecule has 0 atom stereocenters. The van der Waals surface area contributed by atoms with Crippen LogP contribution in [0.3, 0.4) is 0 Å². The fraction of sp³-hybridized carbons (Fsp3) is 0. The van der Waals surface area contributed by atoms with Crippen molar-refractivity contribution >= 4 is 23.0 Å². The van der Waals surface area contributed by atoms with Crippen LogP contribution in [0.5, 0.6) is 0 Å². The molecule has 0 unspecified atom stereocenters. The molecule has 3 nitrogen and oxygen atoms in total. The van der Waals surface area contributed by atoms with E-state index >= 15 is 0 Å². The summed E-state index contributed by atoms with van der Waals surface area (Å²) in [6.45, 7) is 0. The first-order valence-electron chi connectivity index (χ1n) is 2.20. The normalized spacial score (nSPS) is 24.0. The molecule has 0 amide bonds. The molecule has 1 rings (SSSR count). The van der Waals surface area contributed by atoms with Crippen LogP contribution in [0.25, 0.3) is 0 Å². The third kappa shape index (κ3) is 1.04. The van der Waals surface area contributed by atoms with E-state index < -0.39 is 7.65 Å². The molecule has 0 bridgehead atoms. The van der Waals surface area contributed by atoms with Crippen molar-refractivity contribution in [1.82, 2.24) is 0 Å². The lowest BCUT2D eigenvalue weighted by Gasteiger charge is -2.07. The summed E-state index contributed by atoms with van der Waals surface area (Å²) < 4.78 is 20.3. The summed E-state index contributed by atoms with van der Waals surface area (Å²) in [5, 5.41) is 0. The molecule has 0 radical (unpaired) electrons. The molecule has 1 heterocycles. The minimum Gasteiger partial charge on any atom is -0.458 e. The SMILES string of the molecule is [2H]B1OBOBO1. The molecule has 1 fully saturated rings. The molecule has 1 aliphatic heterocycles. The zero-order valence-electron chi connectivity index (χ0n) is 4.22. The fourth-order valence-corrected chi connectivity index (χ4v) is 0.234. The Morgan fingerprint density at radius 3 is 2.17 bits per heavy atom. The summed E-state index contributed by atoms with van der Waals surface area (Å²) in [7, 11) is -0.490. The summed E-state index contributed by atoms with van der Waals surface area (Å²) in [6, 6.07) is 0. The molecule has 1 aliphatic rings. The van der Waals surface area contributed by atoms with Crippen LogP contribution >= 0.6 is 0 Å². The Labute approximate surface area is 39.2 Å². The number of hydrogen-bond acceptors (Lipinski definition) is 3. The molecule has 0 spiro atoms. The van der Waals surface area contributed by atoms with Crippen molar-refractivity contribution in [2.45, 2.75) is 0 Å². The van der Waals surface area contributed by atoms with Gasteiger partial charge in [0.2, 0.25) is 0 Å². The third-order valence-corrected chi connectivity index (χ3v) is 0.439. The molecule has 0 saturated carbocycles. The van der Waals surface area contributed by atoms with Crippen molar-refractivity contribution in [3.63, 3.8) is 0 Å². The van der Waals surface area contributed by atoms with E-state index in [0.717, 1.165) is 0 Å². The van der Waals surface area contributed by atoms with E-state index in [0.29, 0.717) is 0 Å². The lowest BCUT2D eigenvalue weighted by Crippen LogP contribution is -2.23. The Hall–Kier alpha value is 0.0748. The second-order valence-electron chi connectivity index (χ2n) is 0.869. The number of hydrogen-bond donors (Lipinski definition) is 0. The van der Waals surface area contributed by atoms with Gasteiger partial charge >= 0.3 is 23.0 Å². The Bertz CT molecular complexity index is 52.1. The average molecular weight is 84.5 g/mol. The zero-order chi connectivity index (χ0) is 5.11. The van der Waals surface area contributed by atoms with Crippen LogP contribution < -0.4 is 0 Å². The summed E-state index contributed by atoms with van der Waals surface area (Å²) in [5.41, 5.74) is 0. The summed E-state index contributed by atoms with van der Waals surface area (Å²) >= 11 is 0. The largest absolute Gasteiger partial charge is 0.458 e. The molecule has 0 aromatic heterocycles. The Balaban J connectivity index is 2.12. The summed E-state index contributed by atoms with van der Waals surface area (Å²) in [6.07, 6.45) is 0. The molecule has 0 aromatic rings. The van der Waals surface area contributed by atoms with Crippen LogP contribution in [0.1, 0.15) is 0 Å². The van der Waals surface area contributed by atoms with Gasteiger partial charge in [-0.15, -0.1) is 0 Å². The minimum absolute atomic E-state index is 0.175. The highest BCUT2D eigenvalue weighted by Crippen LogP contribution is 1.78. The van der Waals surface area contributed by atoms with Gasteiger partial charge in [0.05, 0.1) is 0 Å². The molecular formula is H3B3O3. The van der Waals surface area contributed by atoms with Gasteiger partial charge in [0.15, 0.2) is 0 Å². The average Bonchev–Trinajstić information content (AvgIpc) is 1.69. The Morgan fingerprint density at radius 1 is 1.17 bits per heavy atom. The molecular weight excluding hydrogens is 80.4 g/mol. The molecule has 6 heavy (non-hydrogen) atoms. The third-order valence-electron chi connectivity index (χ3n) is 0.439. The highest BCUT2D eigenvalue weighted by Gasteiger charge is 2.03. The van der Waals surface area contributed by atoms with E-state index in [-0.39, 0.29) is 15.4 Å². The maximum atomic E-state index is 6.75. The van der Waals surface area contributed by atoms with E-state index in [1.165, 1.54) is 0 Å². The van der Waals surface area contributed by atoms with Crippen molar-refractivity contribution in [2.24, 2.45) is 0 Å². The molecule has 6 heteroatoms. The van der Waals surface area contributed by atoms with E-state index in [1.54, 1.807) is 0 Å². The van der Waals surface area contributed by atoms with E-state index in [4.69, 9.17) is 1.34 Å². The van der Waals surface area contributed by atoms with Crippen molar-refractivity contribution in [2.75, 3.05) is 0 Å². The molecule has 30 valence electrons. The van der Waals surface area contributed by atoms with Gasteiger partial charge in [-0.1, -0.05) is 0 Å². The van der Waals surface area contributed by atoms with Crippen LogP contribution in [0, 0.1) is 0 Å². The Morgan fingerprint density at radius 2 is 1.83 bits per heavy atom. The van der Waals surface area contributed by atoms with Gasteiger partial charge in [-0.05, 0) is 0 Å². The second kappa shape index (κ2) is 2.28. The first-order valence-corrected chi connectivity index (χ1v) is 1.63. The van der Waals surface area contributed by atoms with Gasteiger partial charge in [-0.3, -0.25) is 0 Å². The first kappa shape index (κ1) is 3.13. The van der Waals surface area contributed by atoms with Gasteiger partial charge in [0.25, 0.3) is 0 Å². The van der Waals surface area contributed by atoms with Crippen LogP contribution in [0.4, 0.5) is 0 Å². The monoisotopic (exact) mass is 85.0 g/mol. The Kier molecular flexibility index (Phi) is 1.19. The van der Waals surface area contributed by atoms with Gasteiger partial charge in [-0.25, -0.2) is 0 Å². The predicted octanol–water partition coefficient (Wildman–Crippen LogP) is -2.15. The van der Waals surface area contributed by atoms with Gasteiger partial charge in [-0.2, -0.15) is 0 Å². The lowest BCUT2D eigenvalue weighted by molar-refractivity contribution is 0.347. The van der Waals surface area contributed by atoms with Gasteiger partial charge < -0.3 is 13.7 Å². The van der Waals surface area contributed by atoms with Gasteiger partial charge in [0.1, 0.15) is 0 Å². The summed E-state index contributed by atoms with van der Waals surface area (Å²) in [4.78, 5) is 0. The fourth-order valence-electron chi connectivity index (χ4n) is 0.234. The molecule has 1 saturated heterocycles. The van der Waals surface area contributed by atoms with E-state index in [9.17, 15) is 0 Å². The molecule has 0 aliphatic carbocycles. The smallest absolute Gasteiger partial charge is 0.410 e. The van der Waals surface area contributed by atoms with E-state index in [2.05, 4.69) is 13.7 Å². The van der Waals surface area contributed by atoms with Crippen molar-refractivity contribution in [3.8, 4) is 0 Å². The predicted molar refractivity (Wildman–Crippen MR) is 24.7 cm³/mol. The highest BCUT2D eigenvalue weighted by atomic mass is 16.7. The summed E-state index contributed by atoms with van der Waals surface area (Å²) in [5.74, 6) is 0. The molecule has 0 N–H and O–H groups in total. The van der Waals surface area contributed by atoms with Crippen LogP contribution in [-0.4, -0.2) is 24.4 Å². The molecule has 0 aromatic carbocycles. The number of rotatable bonds is 0. The van der Waals surface area contributed by atoms with Crippen molar-refractivity contribution < 1.29 is 13.7 Å². The zero-order valence-corrected chi connectivity index (χ0v) is 3.22. The minimum atomic E-state index is -0.839. The standard InChI is InChI=1S/B3H3O3/c1-4-2-6-3-5-1/h1-3H/i1D. The maximum absolute atomic E-state index is 6.75. The topological polar surface area (TPSA) is 27.7 Å². The second-order valence-corrected chi connectivity index (χ2v) is 0.869. The van der Waals surface area contributed by atoms with Crippen molar-refractivity contribution in [3.05, 3.63) is 0 Å². The highest BCUT2D eigenvalue weighted by molar-refractivity contribution is 6.50. The maximum Gasteiger partial charge on any atom is 0.410 e. The van der Waals surface area contributed by atoms with Gasteiger partial charge in [0, 0.05) is 1.34 Å². The van der Waals surface area contributed by atoms with E-state index in [1.807, 2.05) is 0 Å². The van der Waals surface area contributed by atoms with Crippen LogP contribution in [0.2, 0.25) is 0 Å². The van der Waals surface area contributed by atoms with Crippen molar-refractivity contribution in [1.29, 1.82) is 1.34 Å². The lowest BCUT2D eigenvalue weighted by atomic mass is 10.1. The quantitative estimate of drug-likeness (QED) is 0.313.